The van der Waals surface area contributed by atoms with Gasteiger partial charge in [0.05, 0.1) is 21.4 Å². The lowest BCUT2D eigenvalue weighted by molar-refractivity contribution is 0.476. The molecule has 78 valence electrons. The zero-order valence-corrected chi connectivity index (χ0v) is 9.06. The topological polar surface area (TPSA) is 80.4 Å². The smallest absolute Gasteiger partial charge is 0.179 e. The van der Waals surface area contributed by atoms with Crippen molar-refractivity contribution < 1.29 is 13.5 Å². The molecule has 4 nitrogen and oxygen atoms in total. The van der Waals surface area contributed by atoms with Gasteiger partial charge in [-0.3, -0.25) is 0 Å². The molecule has 0 aliphatic rings. The van der Waals surface area contributed by atoms with Crippen molar-refractivity contribution in [2.45, 2.75) is 11.8 Å². The summed E-state index contributed by atoms with van der Waals surface area (Å²) in [5.74, 6) is -0.350. The van der Waals surface area contributed by atoms with Crippen LogP contribution in [0.5, 0.6) is 5.75 Å². The van der Waals surface area contributed by atoms with Crippen LogP contribution in [0.15, 0.2) is 17.0 Å². The van der Waals surface area contributed by atoms with Crippen LogP contribution in [0.25, 0.3) is 0 Å². The average molecular weight is 236 g/mol. The lowest BCUT2D eigenvalue weighted by Gasteiger charge is -2.06. The van der Waals surface area contributed by atoms with Crippen molar-refractivity contribution in [2.75, 3.05) is 11.5 Å². The first-order valence-corrected chi connectivity index (χ1v) is 5.92. The van der Waals surface area contributed by atoms with Crippen LogP contribution < -0.4 is 5.73 Å². The third kappa shape index (κ3) is 1.93. The first-order valence-electron chi connectivity index (χ1n) is 3.89. The van der Waals surface area contributed by atoms with E-state index < -0.39 is 9.84 Å². The molecule has 0 aromatic heterocycles. The SMILES string of the molecule is CCS(=O)(=O)c1cc(O)c(N)cc1Cl. The summed E-state index contributed by atoms with van der Waals surface area (Å²) in [5.41, 5.74) is 5.41. The number of anilines is 1. The number of phenols is 1. The van der Waals surface area contributed by atoms with E-state index in [1.54, 1.807) is 0 Å². The zero-order chi connectivity index (χ0) is 10.9. The van der Waals surface area contributed by atoms with Crippen LogP contribution in [0, 0.1) is 0 Å². The fourth-order valence-corrected chi connectivity index (χ4v) is 2.43. The summed E-state index contributed by atoms with van der Waals surface area (Å²) in [7, 11) is -3.42. The lowest BCUT2D eigenvalue weighted by Crippen LogP contribution is -2.04. The Morgan fingerprint density at radius 1 is 1.50 bits per heavy atom. The predicted molar refractivity (Wildman–Crippen MR) is 55.3 cm³/mol. The molecule has 0 aliphatic heterocycles. The maximum absolute atomic E-state index is 11.4. The maximum atomic E-state index is 11.4. The molecule has 1 aromatic carbocycles. The second kappa shape index (κ2) is 3.67. The van der Waals surface area contributed by atoms with Crippen molar-refractivity contribution in [1.29, 1.82) is 0 Å². The summed E-state index contributed by atoms with van der Waals surface area (Å²) in [6.45, 7) is 1.50. The molecule has 0 spiro atoms. The van der Waals surface area contributed by atoms with E-state index in [-0.39, 0.29) is 27.1 Å². The van der Waals surface area contributed by atoms with Crippen LogP contribution in [-0.2, 0) is 9.84 Å². The van der Waals surface area contributed by atoms with Gasteiger partial charge in [-0.25, -0.2) is 8.42 Å². The normalized spacial score (nSPS) is 11.6. The van der Waals surface area contributed by atoms with Crippen molar-refractivity contribution in [3.63, 3.8) is 0 Å². The summed E-state index contributed by atoms with van der Waals surface area (Å²) >= 11 is 5.69. The Bertz CT molecular complexity index is 456. The van der Waals surface area contributed by atoms with Crippen LogP contribution in [0.1, 0.15) is 6.92 Å². The van der Waals surface area contributed by atoms with E-state index >= 15 is 0 Å². The van der Waals surface area contributed by atoms with Gasteiger partial charge in [0.15, 0.2) is 9.84 Å². The molecule has 0 bridgehead atoms. The molecule has 0 aliphatic carbocycles. The highest BCUT2D eigenvalue weighted by Gasteiger charge is 2.17. The highest BCUT2D eigenvalue weighted by atomic mass is 35.5. The molecule has 0 atom stereocenters. The Morgan fingerprint density at radius 2 is 2.07 bits per heavy atom. The minimum Gasteiger partial charge on any atom is -0.506 e. The first kappa shape index (κ1) is 11.1. The standard InChI is InChI=1S/C8H10ClNO3S/c1-2-14(12,13)8-4-7(11)6(10)3-5(8)9/h3-4,11H,2,10H2,1H3. The van der Waals surface area contributed by atoms with Gasteiger partial charge in [0, 0.05) is 6.07 Å². The quantitative estimate of drug-likeness (QED) is 0.600. The average Bonchev–Trinajstić information content (AvgIpc) is 2.11. The molecule has 3 N–H and O–H groups in total. The molecule has 0 saturated heterocycles. The largest absolute Gasteiger partial charge is 0.506 e. The minimum absolute atomic E-state index is 0.0298. The second-order valence-electron chi connectivity index (χ2n) is 2.74. The van der Waals surface area contributed by atoms with Crippen LogP contribution in [0.3, 0.4) is 0 Å². The van der Waals surface area contributed by atoms with Gasteiger partial charge in [-0.05, 0) is 6.07 Å². The summed E-state index contributed by atoms with van der Waals surface area (Å²) in [6.07, 6.45) is 0. The Labute approximate surface area is 87.2 Å². The van der Waals surface area contributed by atoms with Gasteiger partial charge >= 0.3 is 0 Å². The number of nitrogens with two attached hydrogens (primary N) is 1. The van der Waals surface area contributed by atoms with E-state index in [9.17, 15) is 13.5 Å². The molecule has 1 rings (SSSR count). The number of benzene rings is 1. The molecule has 0 amide bonds. The number of rotatable bonds is 2. The molecule has 0 radical (unpaired) electrons. The third-order valence-electron chi connectivity index (χ3n) is 1.80. The summed E-state index contributed by atoms with van der Waals surface area (Å²) in [6, 6.07) is 2.29. The zero-order valence-electron chi connectivity index (χ0n) is 7.49. The molecule has 0 unspecified atom stereocenters. The van der Waals surface area contributed by atoms with Gasteiger partial charge in [0.25, 0.3) is 0 Å². The van der Waals surface area contributed by atoms with Crippen LogP contribution >= 0.6 is 11.6 Å². The van der Waals surface area contributed by atoms with E-state index in [0.717, 1.165) is 6.07 Å². The lowest BCUT2D eigenvalue weighted by atomic mass is 10.3. The monoisotopic (exact) mass is 235 g/mol. The van der Waals surface area contributed by atoms with Gasteiger partial charge in [-0.1, -0.05) is 18.5 Å². The number of sulfone groups is 1. The highest BCUT2D eigenvalue weighted by molar-refractivity contribution is 7.91. The van der Waals surface area contributed by atoms with E-state index in [0.29, 0.717) is 0 Å². The predicted octanol–water partition coefficient (Wildman–Crippen LogP) is 1.42. The Hall–Kier alpha value is -0.940. The number of aromatic hydroxyl groups is 1. The van der Waals surface area contributed by atoms with Crippen LogP contribution in [0.2, 0.25) is 5.02 Å². The van der Waals surface area contributed by atoms with E-state index in [2.05, 4.69) is 0 Å². The maximum Gasteiger partial charge on any atom is 0.179 e. The molecule has 0 heterocycles. The second-order valence-corrected chi connectivity index (χ2v) is 5.40. The van der Waals surface area contributed by atoms with Crippen molar-refractivity contribution in [2.24, 2.45) is 0 Å². The van der Waals surface area contributed by atoms with Gasteiger partial charge < -0.3 is 10.8 Å². The Morgan fingerprint density at radius 3 is 2.57 bits per heavy atom. The number of phenolic OH excluding ortho intramolecular Hbond substituents is 1. The number of nitrogen functional groups attached to an aromatic ring is 1. The van der Waals surface area contributed by atoms with Crippen molar-refractivity contribution >= 4 is 27.1 Å². The Balaban J connectivity index is 3.45. The van der Waals surface area contributed by atoms with Gasteiger partial charge in [-0.15, -0.1) is 0 Å². The molecule has 1 aromatic rings. The Kier molecular flexibility index (Phi) is 2.92. The van der Waals surface area contributed by atoms with E-state index in [4.69, 9.17) is 17.3 Å². The molecular weight excluding hydrogens is 226 g/mol. The summed E-state index contributed by atoms with van der Waals surface area (Å²) < 4.78 is 22.9. The number of hydrogen-bond acceptors (Lipinski definition) is 4. The van der Waals surface area contributed by atoms with Crippen molar-refractivity contribution in [1.82, 2.24) is 0 Å². The van der Waals surface area contributed by atoms with E-state index in [1.165, 1.54) is 13.0 Å². The summed E-state index contributed by atoms with van der Waals surface area (Å²) in [5, 5.41) is 9.27. The van der Waals surface area contributed by atoms with Gasteiger partial charge in [0.2, 0.25) is 0 Å². The van der Waals surface area contributed by atoms with Crippen molar-refractivity contribution in [3.8, 4) is 5.75 Å². The highest BCUT2D eigenvalue weighted by Crippen LogP contribution is 2.31. The molecular formula is C8H10ClNO3S. The van der Waals surface area contributed by atoms with Crippen LogP contribution in [-0.4, -0.2) is 19.3 Å². The molecule has 14 heavy (non-hydrogen) atoms. The molecule has 6 heteroatoms. The third-order valence-corrected chi connectivity index (χ3v) is 3.99. The van der Waals surface area contributed by atoms with Gasteiger partial charge in [-0.2, -0.15) is 0 Å². The van der Waals surface area contributed by atoms with Gasteiger partial charge in [0.1, 0.15) is 5.75 Å². The summed E-state index contributed by atoms with van der Waals surface area (Å²) in [4.78, 5) is -0.0895. The molecule has 0 fully saturated rings. The van der Waals surface area contributed by atoms with Crippen LogP contribution in [0.4, 0.5) is 5.69 Å². The first-order chi connectivity index (χ1) is 6.38. The van der Waals surface area contributed by atoms with Crippen molar-refractivity contribution in [3.05, 3.63) is 17.2 Å². The van der Waals surface area contributed by atoms with E-state index in [1.807, 2.05) is 0 Å². The number of halogens is 1. The fraction of sp³-hybridized carbons (Fsp3) is 0.250. The minimum atomic E-state index is -3.42. The molecule has 0 saturated carbocycles. The fourth-order valence-electron chi connectivity index (χ4n) is 0.952. The number of hydrogen-bond donors (Lipinski definition) is 2.